The van der Waals surface area contributed by atoms with Gasteiger partial charge in [0.2, 0.25) is 0 Å². The Morgan fingerprint density at radius 1 is 1.07 bits per heavy atom. The molecule has 0 saturated carbocycles. The highest BCUT2D eigenvalue weighted by Crippen LogP contribution is 2.25. The molecule has 0 aliphatic carbocycles. The second-order valence-electron chi connectivity index (χ2n) is 7.29. The molecule has 0 bridgehead atoms. The van der Waals surface area contributed by atoms with Gasteiger partial charge < -0.3 is 0 Å². The molecule has 5 rings (SSSR count). The van der Waals surface area contributed by atoms with Crippen molar-refractivity contribution in [2.45, 2.75) is 33.5 Å². The van der Waals surface area contributed by atoms with Gasteiger partial charge in [-0.3, -0.25) is 19.7 Å². The summed E-state index contributed by atoms with van der Waals surface area (Å²) in [6, 6.07) is 12.5. The van der Waals surface area contributed by atoms with Crippen LogP contribution in [0.3, 0.4) is 0 Å². The summed E-state index contributed by atoms with van der Waals surface area (Å²) in [5.41, 5.74) is 7.83. The minimum absolute atomic E-state index is 0.841. The molecule has 27 heavy (non-hydrogen) atoms. The summed E-state index contributed by atoms with van der Waals surface area (Å²) in [5.74, 6) is 0. The molecule has 136 valence electrons. The average Bonchev–Trinajstić information content (AvgIpc) is 3.27. The zero-order valence-corrected chi connectivity index (χ0v) is 15.6. The van der Waals surface area contributed by atoms with Crippen molar-refractivity contribution in [1.29, 1.82) is 0 Å². The molecule has 0 spiro atoms. The van der Waals surface area contributed by atoms with Crippen LogP contribution in [0.1, 0.15) is 22.5 Å². The van der Waals surface area contributed by atoms with Crippen LogP contribution < -0.4 is 0 Å². The molecule has 0 amide bonds. The number of aromatic nitrogens is 5. The number of hydrogen-bond acceptors (Lipinski definition) is 4. The normalized spacial score (nSPS) is 14.6. The Morgan fingerprint density at radius 3 is 2.85 bits per heavy atom. The van der Waals surface area contributed by atoms with Crippen LogP contribution in [0.2, 0.25) is 0 Å². The molecule has 1 aliphatic heterocycles. The zero-order valence-electron chi connectivity index (χ0n) is 15.6. The Kier molecular flexibility index (Phi) is 3.79. The number of nitrogens with one attached hydrogen (secondary N) is 1. The summed E-state index contributed by atoms with van der Waals surface area (Å²) in [6.07, 6.45) is 1.83. The van der Waals surface area contributed by atoms with Crippen LogP contribution in [0.5, 0.6) is 0 Å². The molecular weight excluding hydrogens is 336 g/mol. The van der Waals surface area contributed by atoms with Gasteiger partial charge in [-0.1, -0.05) is 18.2 Å². The van der Waals surface area contributed by atoms with Crippen molar-refractivity contribution in [3.63, 3.8) is 0 Å². The van der Waals surface area contributed by atoms with Crippen molar-refractivity contribution in [1.82, 2.24) is 29.9 Å². The molecule has 0 atom stereocenters. The van der Waals surface area contributed by atoms with Crippen molar-refractivity contribution >= 4 is 10.9 Å². The first-order valence-corrected chi connectivity index (χ1v) is 9.32. The number of nitrogens with zero attached hydrogens (tertiary/aromatic N) is 5. The molecule has 0 fully saturated rings. The van der Waals surface area contributed by atoms with Gasteiger partial charge in [0.15, 0.2) is 0 Å². The van der Waals surface area contributed by atoms with Gasteiger partial charge in [0.05, 0.1) is 29.1 Å². The van der Waals surface area contributed by atoms with Gasteiger partial charge in [-0.05, 0) is 43.2 Å². The average molecular weight is 358 g/mol. The van der Waals surface area contributed by atoms with E-state index in [9.17, 15) is 0 Å². The second-order valence-corrected chi connectivity index (χ2v) is 7.29. The van der Waals surface area contributed by atoms with Gasteiger partial charge in [-0.2, -0.15) is 10.2 Å². The molecular formula is C21H22N6. The van der Waals surface area contributed by atoms with E-state index in [0.29, 0.717) is 0 Å². The third-order valence-corrected chi connectivity index (χ3v) is 5.38. The van der Waals surface area contributed by atoms with E-state index in [0.717, 1.165) is 54.3 Å². The molecule has 1 aromatic carbocycles. The lowest BCUT2D eigenvalue weighted by Crippen LogP contribution is -2.33. The molecule has 6 nitrogen and oxygen atoms in total. The number of hydrogen-bond donors (Lipinski definition) is 1. The number of aromatic amines is 1. The standard InChI is InChI=1S/C21H22N6/c1-14-5-3-7-17-20(14)19(24-23-17)13-26-9-10-27-16(12-26)11-18(25-27)21-15(2)6-4-8-22-21/h3-8,11H,9-10,12-13H2,1-2H3,(H,23,24). The minimum Gasteiger partial charge on any atom is -0.290 e. The summed E-state index contributed by atoms with van der Waals surface area (Å²) in [4.78, 5) is 6.95. The first-order valence-electron chi connectivity index (χ1n) is 9.32. The smallest absolute Gasteiger partial charge is 0.111 e. The summed E-state index contributed by atoms with van der Waals surface area (Å²) < 4.78 is 2.12. The van der Waals surface area contributed by atoms with E-state index < -0.39 is 0 Å². The topological polar surface area (TPSA) is 62.6 Å². The number of rotatable bonds is 3. The van der Waals surface area contributed by atoms with Gasteiger partial charge in [0.1, 0.15) is 5.69 Å². The lowest BCUT2D eigenvalue weighted by molar-refractivity contribution is 0.203. The van der Waals surface area contributed by atoms with E-state index in [1.165, 1.54) is 16.6 Å². The van der Waals surface area contributed by atoms with Gasteiger partial charge >= 0.3 is 0 Å². The number of fused-ring (bicyclic) bond motifs is 2. The highest BCUT2D eigenvalue weighted by molar-refractivity contribution is 5.84. The third-order valence-electron chi connectivity index (χ3n) is 5.38. The third kappa shape index (κ3) is 2.82. The fourth-order valence-corrected chi connectivity index (χ4v) is 3.98. The molecule has 0 saturated heterocycles. The van der Waals surface area contributed by atoms with E-state index in [-0.39, 0.29) is 0 Å². The maximum absolute atomic E-state index is 4.78. The van der Waals surface area contributed by atoms with Crippen molar-refractivity contribution in [3.8, 4) is 11.4 Å². The maximum Gasteiger partial charge on any atom is 0.111 e. The molecule has 4 heterocycles. The molecule has 0 unspecified atom stereocenters. The van der Waals surface area contributed by atoms with Crippen LogP contribution in [-0.4, -0.2) is 36.4 Å². The fraction of sp³-hybridized carbons (Fsp3) is 0.286. The molecule has 1 N–H and O–H groups in total. The van der Waals surface area contributed by atoms with Gasteiger partial charge in [-0.15, -0.1) is 0 Å². The quantitative estimate of drug-likeness (QED) is 0.609. The first-order chi connectivity index (χ1) is 13.2. The van der Waals surface area contributed by atoms with Crippen LogP contribution in [-0.2, 0) is 19.6 Å². The lowest BCUT2D eigenvalue weighted by Gasteiger charge is -2.26. The predicted octanol–water partition coefficient (Wildman–Crippen LogP) is 3.45. The summed E-state index contributed by atoms with van der Waals surface area (Å²) in [6.45, 7) is 7.80. The highest BCUT2D eigenvalue weighted by atomic mass is 15.3. The SMILES string of the molecule is Cc1cccnc1-c1cc2n(n1)CCN(Cc1n[nH]c3cccc(C)c13)C2. The number of H-pyrrole nitrogens is 1. The Labute approximate surface area is 157 Å². The van der Waals surface area contributed by atoms with Crippen LogP contribution in [0.4, 0.5) is 0 Å². The number of aryl methyl sites for hydroxylation is 2. The first kappa shape index (κ1) is 16.2. The Balaban J connectivity index is 1.41. The fourth-order valence-electron chi connectivity index (χ4n) is 3.98. The van der Waals surface area contributed by atoms with E-state index in [2.05, 4.69) is 68.9 Å². The number of benzene rings is 1. The van der Waals surface area contributed by atoms with Crippen molar-refractivity contribution in [2.24, 2.45) is 0 Å². The molecule has 3 aromatic heterocycles. The van der Waals surface area contributed by atoms with E-state index in [4.69, 9.17) is 5.10 Å². The lowest BCUT2D eigenvalue weighted by atomic mass is 10.1. The Bertz CT molecular complexity index is 1120. The highest BCUT2D eigenvalue weighted by Gasteiger charge is 2.21. The van der Waals surface area contributed by atoms with Crippen LogP contribution in [0.15, 0.2) is 42.6 Å². The van der Waals surface area contributed by atoms with Crippen molar-refractivity contribution in [3.05, 3.63) is 65.1 Å². The van der Waals surface area contributed by atoms with E-state index in [1.54, 1.807) is 0 Å². The molecule has 4 aromatic rings. The van der Waals surface area contributed by atoms with E-state index in [1.807, 2.05) is 12.3 Å². The van der Waals surface area contributed by atoms with Crippen LogP contribution in [0.25, 0.3) is 22.3 Å². The molecule has 0 radical (unpaired) electrons. The van der Waals surface area contributed by atoms with Crippen LogP contribution >= 0.6 is 0 Å². The largest absolute Gasteiger partial charge is 0.290 e. The molecule has 6 heteroatoms. The van der Waals surface area contributed by atoms with Gasteiger partial charge in [-0.25, -0.2) is 0 Å². The Hall–Kier alpha value is -2.99. The molecule has 1 aliphatic rings. The van der Waals surface area contributed by atoms with Crippen molar-refractivity contribution < 1.29 is 0 Å². The second kappa shape index (κ2) is 6.32. The predicted molar refractivity (Wildman–Crippen MR) is 105 cm³/mol. The van der Waals surface area contributed by atoms with Gasteiger partial charge in [0.25, 0.3) is 0 Å². The van der Waals surface area contributed by atoms with Gasteiger partial charge in [0, 0.05) is 31.2 Å². The maximum atomic E-state index is 4.78. The summed E-state index contributed by atoms with van der Waals surface area (Å²) in [5, 5.41) is 13.8. The monoisotopic (exact) mass is 358 g/mol. The van der Waals surface area contributed by atoms with E-state index >= 15 is 0 Å². The van der Waals surface area contributed by atoms with Crippen LogP contribution in [0, 0.1) is 13.8 Å². The minimum atomic E-state index is 0.841. The summed E-state index contributed by atoms with van der Waals surface area (Å²) in [7, 11) is 0. The zero-order chi connectivity index (χ0) is 18.4. The van der Waals surface area contributed by atoms with Crippen molar-refractivity contribution in [2.75, 3.05) is 6.54 Å². The number of pyridine rings is 1. The summed E-state index contributed by atoms with van der Waals surface area (Å²) >= 11 is 0. The Morgan fingerprint density at radius 2 is 1.96 bits per heavy atom.